The molecule has 1 unspecified atom stereocenters. The Hall–Kier alpha value is -1.23. The van der Waals surface area contributed by atoms with Gasteiger partial charge in [0.15, 0.2) is 6.10 Å². The summed E-state index contributed by atoms with van der Waals surface area (Å²) in [5.41, 5.74) is 6.30. The molecule has 0 bridgehead atoms. The van der Waals surface area contributed by atoms with E-state index in [2.05, 4.69) is 15.9 Å². The van der Waals surface area contributed by atoms with Crippen LogP contribution in [0.5, 0.6) is 5.75 Å². The van der Waals surface area contributed by atoms with E-state index in [1.54, 1.807) is 30.0 Å². The minimum atomic E-state index is -0.525. The zero-order valence-corrected chi connectivity index (χ0v) is 12.5. The number of hydrogen-bond donors (Lipinski definition) is 1. The molecular weight excluding hydrogens is 296 g/mol. The summed E-state index contributed by atoms with van der Waals surface area (Å²) in [6, 6.07) is 5.28. The number of benzene rings is 1. The van der Waals surface area contributed by atoms with Gasteiger partial charge in [0.2, 0.25) is 0 Å². The van der Waals surface area contributed by atoms with E-state index in [-0.39, 0.29) is 5.91 Å². The number of ether oxygens (including phenoxy) is 1. The maximum absolute atomic E-state index is 12.1. The summed E-state index contributed by atoms with van der Waals surface area (Å²) < 4.78 is 6.44. The molecule has 1 atom stereocenters. The number of likely N-dealkylation sites (N-methyl/N-ethyl adjacent to an activating group) is 1. The molecule has 5 heteroatoms. The smallest absolute Gasteiger partial charge is 0.263 e. The zero-order valence-electron chi connectivity index (χ0n) is 10.9. The predicted octanol–water partition coefficient (Wildman–Crippen LogP) is 2.67. The van der Waals surface area contributed by atoms with Gasteiger partial charge in [-0.25, -0.2) is 0 Å². The number of carbonyl (C=O) groups is 1. The summed E-state index contributed by atoms with van der Waals surface area (Å²) in [5, 5.41) is 0. The molecule has 1 rings (SSSR count). The molecule has 0 aliphatic rings. The van der Waals surface area contributed by atoms with Crippen molar-refractivity contribution < 1.29 is 9.53 Å². The Balaban J connectivity index is 2.77. The molecule has 0 radical (unpaired) electrons. The topological polar surface area (TPSA) is 55.6 Å². The minimum absolute atomic E-state index is 0.0191. The maximum atomic E-state index is 12.1. The second-order valence-electron chi connectivity index (χ2n) is 3.96. The van der Waals surface area contributed by atoms with Gasteiger partial charge in [-0.05, 0) is 48.8 Å². The molecule has 0 saturated carbocycles. The van der Waals surface area contributed by atoms with Crippen molar-refractivity contribution in [2.75, 3.05) is 18.8 Å². The maximum Gasteiger partial charge on any atom is 0.263 e. The number of halogens is 1. The van der Waals surface area contributed by atoms with E-state index in [0.29, 0.717) is 24.5 Å². The molecule has 0 fully saturated rings. The predicted molar refractivity (Wildman–Crippen MR) is 76.6 cm³/mol. The first-order valence-electron chi connectivity index (χ1n) is 6.00. The van der Waals surface area contributed by atoms with Crippen molar-refractivity contribution in [3.63, 3.8) is 0 Å². The fourth-order valence-corrected chi connectivity index (χ4v) is 1.98. The molecule has 2 N–H and O–H groups in total. The van der Waals surface area contributed by atoms with Crippen molar-refractivity contribution in [3.8, 4) is 5.75 Å². The van der Waals surface area contributed by atoms with Gasteiger partial charge in [-0.15, -0.1) is 0 Å². The molecule has 1 aromatic rings. The Labute approximate surface area is 116 Å². The highest BCUT2D eigenvalue weighted by molar-refractivity contribution is 9.10. The van der Waals surface area contributed by atoms with Gasteiger partial charge < -0.3 is 15.4 Å². The lowest BCUT2D eigenvalue weighted by atomic mass is 10.3. The van der Waals surface area contributed by atoms with Crippen molar-refractivity contribution in [1.82, 2.24) is 4.90 Å². The van der Waals surface area contributed by atoms with Crippen molar-refractivity contribution in [3.05, 3.63) is 22.7 Å². The summed E-state index contributed by atoms with van der Waals surface area (Å²) in [5.74, 6) is 0.567. The van der Waals surface area contributed by atoms with Crippen LogP contribution in [0.1, 0.15) is 20.8 Å². The molecule has 0 aliphatic carbocycles. The summed E-state index contributed by atoms with van der Waals surface area (Å²) in [4.78, 5) is 13.8. The molecule has 1 aromatic carbocycles. The highest BCUT2D eigenvalue weighted by Crippen LogP contribution is 2.28. The molecule has 0 spiro atoms. The van der Waals surface area contributed by atoms with Crippen LogP contribution in [0.15, 0.2) is 22.7 Å². The van der Waals surface area contributed by atoms with Gasteiger partial charge in [0.25, 0.3) is 5.91 Å². The average molecular weight is 315 g/mol. The lowest BCUT2D eigenvalue weighted by molar-refractivity contribution is -0.137. The van der Waals surface area contributed by atoms with Crippen LogP contribution in [-0.2, 0) is 4.79 Å². The van der Waals surface area contributed by atoms with E-state index in [1.165, 1.54) is 0 Å². The monoisotopic (exact) mass is 314 g/mol. The number of amides is 1. The van der Waals surface area contributed by atoms with Gasteiger partial charge in [0.05, 0.1) is 4.47 Å². The highest BCUT2D eigenvalue weighted by atomic mass is 79.9. The molecule has 0 heterocycles. The van der Waals surface area contributed by atoms with E-state index in [1.807, 2.05) is 13.8 Å². The fourth-order valence-electron chi connectivity index (χ4n) is 1.64. The van der Waals surface area contributed by atoms with Crippen LogP contribution in [0.25, 0.3) is 0 Å². The van der Waals surface area contributed by atoms with Crippen LogP contribution in [0.3, 0.4) is 0 Å². The van der Waals surface area contributed by atoms with Crippen LogP contribution in [-0.4, -0.2) is 30.0 Å². The molecule has 100 valence electrons. The van der Waals surface area contributed by atoms with Gasteiger partial charge in [0.1, 0.15) is 5.75 Å². The molecule has 0 saturated heterocycles. The minimum Gasteiger partial charge on any atom is -0.480 e. The third-order valence-electron chi connectivity index (χ3n) is 2.68. The lowest BCUT2D eigenvalue weighted by Crippen LogP contribution is -2.40. The van der Waals surface area contributed by atoms with E-state index in [4.69, 9.17) is 10.5 Å². The number of anilines is 1. The van der Waals surface area contributed by atoms with Gasteiger partial charge in [0, 0.05) is 24.8 Å². The number of carbonyl (C=O) groups excluding carboxylic acids is 1. The average Bonchev–Trinajstić information content (AvgIpc) is 2.35. The summed E-state index contributed by atoms with van der Waals surface area (Å²) >= 11 is 3.37. The highest BCUT2D eigenvalue weighted by Gasteiger charge is 2.20. The molecule has 0 aliphatic heterocycles. The molecule has 18 heavy (non-hydrogen) atoms. The Morgan fingerprint density at radius 3 is 2.61 bits per heavy atom. The van der Waals surface area contributed by atoms with Crippen LogP contribution in [0, 0.1) is 0 Å². The van der Waals surface area contributed by atoms with Gasteiger partial charge in [-0.1, -0.05) is 0 Å². The number of nitrogens with two attached hydrogens (primary N) is 1. The fraction of sp³-hybridized carbons (Fsp3) is 0.462. The van der Waals surface area contributed by atoms with E-state index in [9.17, 15) is 4.79 Å². The van der Waals surface area contributed by atoms with Gasteiger partial charge in [-0.2, -0.15) is 0 Å². The Morgan fingerprint density at radius 1 is 1.44 bits per heavy atom. The number of hydrogen-bond acceptors (Lipinski definition) is 3. The number of nitrogen functional groups attached to an aromatic ring is 1. The third kappa shape index (κ3) is 3.63. The van der Waals surface area contributed by atoms with Crippen molar-refractivity contribution in [1.29, 1.82) is 0 Å². The van der Waals surface area contributed by atoms with Crippen LogP contribution in [0.2, 0.25) is 0 Å². The Morgan fingerprint density at radius 2 is 2.06 bits per heavy atom. The van der Waals surface area contributed by atoms with E-state index in [0.717, 1.165) is 4.47 Å². The normalized spacial score (nSPS) is 12.0. The number of nitrogens with zero attached hydrogens (tertiary/aromatic N) is 1. The first-order valence-corrected chi connectivity index (χ1v) is 6.79. The first-order chi connectivity index (χ1) is 8.49. The van der Waals surface area contributed by atoms with Crippen LogP contribution < -0.4 is 10.5 Å². The number of rotatable bonds is 5. The Bertz CT molecular complexity index is 419. The summed E-state index contributed by atoms with van der Waals surface area (Å²) in [6.07, 6.45) is -0.525. The van der Waals surface area contributed by atoms with Crippen molar-refractivity contribution >= 4 is 27.5 Å². The lowest BCUT2D eigenvalue weighted by Gasteiger charge is -2.23. The van der Waals surface area contributed by atoms with Crippen LogP contribution in [0.4, 0.5) is 5.69 Å². The molecular formula is C13H19BrN2O2. The standard InChI is InChI=1S/C13H19BrN2O2/c1-4-16(5-2)13(17)9(3)18-12-8-10(15)6-7-11(12)14/h6-9H,4-5,15H2,1-3H3. The Kier molecular flexibility index (Phi) is 5.47. The van der Waals surface area contributed by atoms with Crippen molar-refractivity contribution in [2.24, 2.45) is 0 Å². The van der Waals surface area contributed by atoms with Crippen LogP contribution >= 0.6 is 15.9 Å². The zero-order chi connectivity index (χ0) is 13.7. The molecule has 1 amide bonds. The summed E-state index contributed by atoms with van der Waals surface area (Å²) in [7, 11) is 0. The SMILES string of the molecule is CCN(CC)C(=O)C(C)Oc1cc(N)ccc1Br. The van der Waals surface area contributed by atoms with Crippen molar-refractivity contribution in [2.45, 2.75) is 26.9 Å². The van der Waals surface area contributed by atoms with E-state index >= 15 is 0 Å². The first kappa shape index (κ1) is 14.8. The molecule has 4 nitrogen and oxygen atoms in total. The van der Waals surface area contributed by atoms with Gasteiger partial charge in [-0.3, -0.25) is 4.79 Å². The van der Waals surface area contributed by atoms with Gasteiger partial charge >= 0.3 is 0 Å². The second-order valence-corrected chi connectivity index (χ2v) is 4.81. The quantitative estimate of drug-likeness (QED) is 0.850. The third-order valence-corrected chi connectivity index (χ3v) is 3.34. The molecule has 0 aromatic heterocycles. The summed E-state index contributed by atoms with van der Waals surface area (Å²) in [6.45, 7) is 7.01. The van der Waals surface area contributed by atoms with E-state index < -0.39 is 6.10 Å². The largest absolute Gasteiger partial charge is 0.480 e. The second kappa shape index (κ2) is 6.64.